The van der Waals surface area contributed by atoms with Crippen molar-refractivity contribution in [1.29, 1.82) is 0 Å². The number of amides is 2. The average molecular weight is 345 g/mol. The largest absolute Gasteiger partial charge is 0.504 e. The summed E-state index contributed by atoms with van der Waals surface area (Å²) in [7, 11) is 1.42. The Morgan fingerprint density at radius 1 is 1.28 bits per heavy atom. The lowest BCUT2D eigenvalue weighted by Gasteiger charge is -2.05. The zero-order chi connectivity index (χ0) is 18.2. The predicted octanol–water partition coefficient (Wildman–Crippen LogP) is 1.42. The maximum Gasteiger partial charge on any atom is 0.259 e. The van der Waals surface area contributed by atoms with Crippen molar-refractivity contribution >= 4 is 18.0 Å². The molecule has 0 aliphatic heterocycles. The van der Waals surface area contributed by atoms with Gasteiger partial charge in [-0.1, -0.05) is 6.07 Å². The number of phenols is 1. The Balaban J connectivity index is 1.83. The first kappa shape index (κ1) is 17.9. The molecule has 0 spiro atoms. The molecule has 7 nitrogen and oxygen atoms in total. The predicted molar refractivity (Wildman–Crippen MR) is 89.1 cm³/mol. The van der Waals surface area contributed by atoms with Crippen LogP contribution in [0, 0.1) is 5.82 Å². The lowest BCUT2D eigenvalue weighted by molar-refractivity contribution is -0.120. The number of aromatic hydroxyl groups is 1. The first-order valence-electron chi connectivity index (χ1n) is 7.22. The molecule has 0 fully saturated rings. The molecule has 2 amide bonds. The number of hydrazone groups is 1. The highest BCUT2D eigenvalue weighted by Crippen LogP contribution is 2.25. The van der Waals surface area contributed by atoms with Crippen LogP contribution in [0.1, 0.15) is 15.9 Å². The number of hydrogen-bond acceptors (Lipinski definition) is 5. The number of halogens is 1. The van der Waals surface area contributed by atoms with E-state index in [4.69, 9.17) is 4.74 Å². The molecule has 0 unspecified atom stereocenters. The zero-order valence-electron chi connectivity index (χ0n) is 13.3. The number of nitrogens with zero attached hydrogens (tertiary/aromatic N) is 1. The second-order valence-electron chi connectivity index (χ2n) is 4.92. The van der Waals surface area contributed by atoms with E-state index in [0.717, 1.165) is 6.07 Å². The first-order valence-corrected chi connectivity index (χ1v) is 7.22. The van der Waals surface area contributed by atoms with E-state index in [-0.39, 0.29) is 23.6 Å². The van der Waals surface area contributed by atoms with Crippen LogP contribution in [-0.4, -0.2) is 36.8 Å². The van der Waals surface area contributed by atoms with Crippen molar-refractivity contribution in [3.05, 3.63) is 59.4 Å². The van der Waals surface area contributed by atoms with Crippen LogP contribution in [0.25, 0.3) is 0 Å². The van der Waals surface area contributed by atoms with Crippen LogP contribution >= 0.6 is 0 Å². The number of benzene rings is 2. The van der Waals surface area contributed by atoms with E-state index in [1.54, 1.807) is 6.07 Å². The molecule has 0 atom stereocenters. The van der Waals surface area contributed by atoms with E-state index in [1.165, 1.54) is 43.7 Å². The molecule has 3 N–H and O–H groups in total. The van der Waals surface area contributed by atoms with Crippen molar-refractivity contribution in [2.24, 2.45) is 5.10 Å². The standard InChI is InChI=1S/C17H16FN3O4/c1-25-15-7-11(5-6-14(15)22)9-20-21-16(23)10-19-17(24)12-3-2-4-13(18)8-12/h2-9,22H,10H2,1H3,(H,19,24)(H,21,23)/b20-9+. The molecule has 0 aliphatic rings. The maximum atomic E-state index is 13.0. The fourth-order valence-electron chi connectivity index (χ4n) is 1.89. The van der Waals surface area contributed by atoms with Gasteiger partial charge in [-0.3, -0.25) is 9.59 Å². The highest BCUT2D eigenvalue weighted by molar-refractivity contribution is 5.96. The van der Waals surface area contributed by atoms with Crippen LogP contribution in [0.2, 0.25) is 0 Å². The fourth-order valence-corrected chi connectivity index (χ4v) is 1.89. The quantitative estimate of drug-likeness (QED) is 0.544. The summed E-state index contributed by atoms with van der Waals surface area (Å²) in [6.45, 7) is -0.314. The van der Waals surface area contributed by atoms with Gasteiger partial charge in [0.15, 0.2) is 11.5 Å². The number of methoxy groups -OCH3 is 1. The van der Waals surface area contributed by atoms with E-state index >= 15 is 0 Å². The molecule has 2 aromatic carbocycles. The molecule has 0 heterocycles. The Labute approximate surface area is 143 Å². The van der Waals surface area contributed by atoms with E-state index in [2.05, 4.69) is 15.8 Å². The normalized spacial score (nSPS) is 10.5. The third-order valence-electron chi connectivity index (χ3n) is 3.10. The first-order chi connectivity index (χ1) is 12.0. The molecule has 0 aromatic heterocycles. The Hall–Kier alpha value is -3.42. The Kier molecular flexibility index (Phi) is 6.05. The Morgan fingerprint density at radius 3 is 2.80 bits per heavy atom. The minimum atomic E-state index is -0.568. The molecule has 25 heavy (non-hydrogen) atoms. The molecule has 2 aromatic rings. The number of nitrogens with one attached hydrogen (secondary N) is 2. The van der Waals surface area contributed by atoms with Gasteiger partial charge in [0.25, 0.3) is 11.8 Å². The number of carbonyl (C=O) groups excluding carboxylic acids is 2. The Bertz CT molecular complexity index is 808. The summed E-state index contributed by atoms with van der Waals surface area (Å²) in [6.07, 6.45) is 1.36. The number of carbonyl (C=O) groups is 2. The summed E-state index contributed by atoms with van der Waals surface area (Å²) in [4.78, 5) is 23.4. The lowest BCUT2D eigenvalue weighted by atomic mass is 10.2. The van der Waals surface area contributed by atoms with Crippen LogP contribution in [0.4, 0.5) is 4.39 Å². The topological polar surface area (TPSA) is 100 Å². The van der Waals surface area contributed by atoms with Crippen LogP contribution in [0.15, 0.2) is 47.6 Å². The fraction of sp³-hybridized carbons (Fsp3) is 0.118. The third-order valence-corrected chi connectivity index (χ3v) is 3.10. The summed E-state index contributed by atoms with van der Waals surface area (Å²) in [5.74, 6) is -1.39. The average Bonchev–Trinajstić information content (AvgIpc) is 2.61. The second-order valence-corrected chi connectivity index (χ2v) is 4.92. The number of phenolic OH excluding ortho intramolecular Hbond substituents is 1. The van der Waals surface area contributed by atoms with E-state index in [1.807, 2.05) is 0 Å². The van der Waals surface area contributed by atoms with Gasteiger partial charge in [0.05, 0.1) is 19.9 Å². The molecule has 0 radical (unpaired) electrons. The summed E-state index contributed by atoms with van der Waals surface area (Å²) in [6, 6.07) is 9.69. The highest BCUT2D eigenvalue weighted by Gasteiger charge is 2.08. The van der Waals surface area contributed by atoms with Gasteiger partial charge in [-0.05, 0) is 42.0 Å². The lowest BCUT2D eigenvalue weighted by Crippen LogP contribution is -2.34. The van der Waals surface area contributed by atoms with Gasteiger partial charge >= 0.3 is 0 Å². The number of rotatable bonds is 6. The zero-order valence-corrected chi connectivity index (χ0v) is 13.3. The number of ether oxygens (including phenoxy) is 1. The van der Waals surface area contributed by atoms with E-state index in [0.29, 0.717) is 5.56 Å². The molecule has 2 rings (SSSR count). The minimum Gasteiger partial charge on any atom is -0.504 e. The van der Waals surface area contributed by atoms with Gasteiger partial charge in [0.2, 0.25) is 0 Å². The van der Waals surface area contributed by atoms with Gasteiger partial charge in [0, 0.05) is 5.56 Å². The molecule has 8 heteroatoms. The van der Waals surface area contributed by atoms with Gasteiger partial charge in [-0.15, -0.1) is 0 Å². The molecule has 130 valence electrons. The van der Waals surface area contributed by atoms with Crippen LogP contribution in [0.3, 0.4) is 0 Å². The molecule has 0 saturated carbocycles. The van der Waals surface area contributed by atoms with Crippen LogP contribution in [0.5, 0.6) is 11.5 Å². The summed E-state index contributed by atoms with van der Waals surface area (Å²) in [5, 5.41) is 15.6. The second kappa shape index (κ2) is 8.44. The van der Waals surface area contributed by atoms with Crippen molar-refractivity contribution in [2.75, 3.05) is 13.7 Å². The summed E-state index contributed by atoms with van der Waals surface area (Å²) in [5.41, 5.74) is 2.95. The van der Waals surface area contributed by atoms with Crippen LogP contribution < -0.4 is 15.5 Å². The van der Waals surface area contributed by atoms with Crippen molar-refractivity contribution < 1.29 is 23.8 Å². The SMILES string of the molecule is COc1cc(/C=N/NC(=O)CNC(=O)c2cccc(F)c2)ccc1O. The van der Waals surface area contributed by atoms with E-state index in [9.17, 15) is 19.1 Å². The third kappa shape index (κ3) is 5.31. The van der Waals surface area contributed by atoms with Gasteiger partial charge < -0.3 is 15.2 Å². The van der Waals surface area contributed by atoms with E-state index < -0.39 is 17.6 Å². The van der Waals surface area contributed by atoms with Gasteiger partial charge in [0.1, 0.15) is 5.82 Å². The molecular formula is C17H16FN3O4. The smallest absolute Gasteiger partial charge is 0.259 e. The molecule has 0 bridgehead atoms. The summed E-state index contributed by atoms with van der Waals surface area (Å²) >= 11 is 0. The van der Waals surface area contributed by atoms with Crippen molar-refractivity contribution in [2.45, 2.75) is 0 Å². The van der Waals surface area contributed by atoms with Crippen LogP contribution in [-0.2, 0) is 4.79 Å². The monoisotopic (exact) mass is 345 g/mol. The summed E-state index contributed by atoms with van der Waals surface area (Å²) < 4.78 is 18.0. The van der Waals surface area contributed by atoms with Crippen molar-refractivity contribution in [3.8, 4) is 11.5 Å². The van der Waals surface area contributed by atoms with Gasteiger partial charge in [-0.2, -0.15) is 5.10 Å². The molecule has 0 aliphatic carbocycles. The Morgan fingerprint density at radius 2 is 2.08 bits per heavy atom. The van der Waals surface area contributed by atoms with Crippen molar-refractivity contribution in [3.63, 3.8) is 0 Å². The van der Waals surface area contributed by atoms with Crippen molar-refractivity contribution in [1.82, 2.24) is 10.7 Å². The van der Waals surface area contributed by atoms with Gasteiger partial charge in [-0.25, -0.2) is 9.82 Å². The highest BCUT2D eigenvalue weighted by atomic mass is 19.1. The minimum absolute atomic E-state index is 0.0104. The number of hydrogen-bond donors (Lipinski definition) is 3. The maximum absolute atomic E-state index is 13.0. The molecule has 0 saturated heterocycles. The molecular weight excluding hydrogens is 329 g/mol.